The molecule has 2 aromatic heterocycles. The van der Waals surface area contributed by atoms with E-state index in [4.69, 9.17) is 4.42 Å². The van der Waals surface area contributed by atoms with Gasteiger partial charge in [-0.25, -0.2) is 4.98 Å². The maximum absolute atomic E-state index is 12.4. The summed E-state index contributed by atoms with van der Waals surface area (Å²) in [6.45, 7) is 1.80. The number of rotatable bonds is 6. The second-order valence-corrected chi connectivity index (χ2v) is 7.89. The third-order valence-electron chi connectivity index (χ3n) is 4.74. The number of benzene rings is 1. The first-order valence-corrected chi connectivity index (χ1v) is 10.1. The van der Waals surface area contributed by atoms with Crippen LogP contribution in [0.15, 0.2) is 46.2 Å². The smallest absolute Gasteiger partial charge is 0.236 e. The SMILES string of the molecule is Cc1oc(-c2cccs2)nc1CC(=O)Nc1ccc(CC2CC(=O)NC2=O)cc1. The Bertz CT molecular complexity index is 1050. The van der Waals surface area contributed by atoms with Crippen molar-refractivity contribution in [2.24, 2.45) is 5.92 Å². The molecule has 1 atom stereocenters. The van der Waals surface area contributed by atoms with Gasteiger partial charge >= 0.3 is 0 Å². The number of hydrogen-bond acceptors (Lipinski definition) is 6. The predicted molar refractivity (Wildman–Crippen MR) is 108 cm³/mol. The summed E-state index contributed by atoms with van der Waals surface area (Å²) in [5.74, 6) is 0.192. The van der Waals surface area contributed by atoms with Gasteiger partial charge in [0.15, 0.2) is 0 Å². The highest BCUT2D eigenvalue weighted by molar-refractivity contribution is 7.13. The quantitative estimate of drug-likeness (QED) is 0.609. The molecule has 1 saturated heterocycles. The standard InChI is InChI=1S/C21H19N3O4S/c1-12-16(23-21(28-12)17-3-2-8-29-17)11-19(26)22-15-6-4-13(5-7-15)9-14-10-18(25)24-20(14)27/h2-8,14H,9-11H2,1H3,(H,22,26)(H,24,25,27). The molecule has 0 spiro atoms. The van der Waals surface area contributed by atoms with E-state index in [0.717, 1.165) is 10.4 Å². The third-order valence-corrected chi connectivity index (χ3v) is 5.60. The molecule has 1 unspecified atom stereocenters. The normalized spacial score (nSPS) is 16.1. The molecule has 1 fully saturated rings. The third kappa shape index (κ3) is 4.43. The average molecular weight is 409 g/mol. The fraction of sp³-hybridized carbons (Fsp3) is 0.238. The molecule has 3 amide bonds. The van der Waals surface area contributed by atoms with E-state index >= 15 is 0 Å². The zero-order chi connectivity index (χ0) is 20.4. The lowest BCUT2D eigenvalue weighted by Gasteiger charge is -2.08. The topological polar surface area (TPSA) is 101 Å². The van der Waals surface area contributed by atoms with Crippen LogP contribution in [0.5, 0.6) is 0 Å². The molecule has 1 aliphatic rings. The number of imide groups is 1. The number of hydrogen-bond donors (Lipinski definition) is 2. The van der Waals surface area contributed by atoms with Crippen LogP contribution in [0.3, 0.4) is 0 Å². The monoisotopic (exact) mass is 409 g/mol. The van der Waals surface area contributed by atoms with Crippen molar-refractivity contribution in [2.45, 2.75) is 26.2 Å². The number of carbonyl (C=O) groups excluding carboxylic acids is 3. The van der Waals surface area contributed by atoms with Gasteiger partial charge < -0.3 is 9.73 Å². The number of oxazole rings is 1. The molecular formula is C21H19N3O4S. The number of carbonyl (C=O) groups is 3. The predicted octanol–water partition coefficient (Wildman–Crippen LogP) is 3.10. The number of nitrogens with one attached hydrogen (secondary N) is 2. The maximum Gasteiger partial charge on any atom is 0.236 e. The molecule has 7 nitrogen and oxygen atoms in total. The minimum atomic E-state index is -0.323. The molecule has 3 heterocycles. The molecule has 4 rings (SSSR count). The Morgan fingerprint density at radius 2 is 2.07 bits per heavy atom. The highest BCUT2D eigenvalue weighted by atomic mass is 32.1. The van der Waals surface area contributed by atoms with Crippen molar-refractivity contribution in [3.05, 3.63) is 58.8 Å². The number of anilines is 1. The van der Waals surface area contributed by atoms with Crippen molar-refractivity contribution in [1.29, 1.82) is 0 Å². The molecule has 0 aliphatic carbocycles. The van der Waals surface area contributed by atoms with E-state index in [0.29, 0.717) is 29.5 Å². The Labute approximate surface area is 171 Å². The molecule has 0 radical (unpaired) electrons. The summed E-state index contributed by atoms with van der Waals surface area (Å²) in [7, 11) is 0. The van der Waals surface area contributed by atoms with Gasteiger partial charge in [0.05, 0.1) is 22.9 Å². The lowest BCUT2D eigenvalue weighted by atomic mass is 9.98. The van der Waals surface area contributed by atoms with Crippen molar-refractivity contribution < 1.29 is 18.8 Å². The molecule has 29 heavy (non-hydrogen) atoms. The highest BCUT2D eigenvalue weighted by Gasteiger charge is 2.30. The summed E-state index contributed by atoms with van der Waals surface area (Å²) in [6.07, 6.45) is 0.837. The first-order valence-electron chi connectivity index (χ1n) is 9.20. The van der Waals surface area contributed by atoms with E-state index in [1.165, 1.54) is 11.3 Å². The fourth-order valence-corrected chi connectivity index (χ4v) is 3.88. The Morgan fingerprint density at radius 3 is 2.72 bits per heavy atom. The van der Waals surface area contributed by atoms with Gasteiger partial charge in [-0.05, 0) is 42.5 Å². The summed E-state index contributed by atoms with van der Waals surface area (Å²) in [5, 5.41) is 7.11. The Hall–Kier alpha value is -3.26. The highest BCUT2D eigenvalue weighted by Crippen LogP contribution is 2.26. The average Bonchev–Trinajstić information content (AvgIpc) is 3.39. The zero-order valence-corrected chi connectivity index (χ0v) is 16.5. The van der Waals surface area contributed by atoms with Gasteiger partial charge in [-0.2, -0.15) is 0 Å². The summed E-state index contributed by atoms with van der Waals surface area (Å²) >= 11 is 1.53. The Balaban J connectivity index is 1.35. The minimum Gasteiger partial charge on any atom is -0.440 e. The van der Waals surface area contributed by atoms with Crippen LogP contribution in [0.25, 0.3) is 10.8 Å². The Kier molecular flexibility index (Phi) is 5.26. The number of nitrogens with zero attached hydrogens (tertiary/aromatic N) is 1. The number of aryl methyl sites for hydroxylation is 1. The largest absolute Gasteiger partial charge is 0.440 e. The van der Waals surface area contributed by atoms with Gasteiger partial charge in [0.1, 0.15) is 5.76 Å². The molecular weight excluding hydrogens is 390 g/mol. The van der Waals surface area contributed by atoms with Gasteiger partial charge in [0.2, 0.25) is 23.6 Å². The van der Waals surface area contributed by atoms with Crippen molar-refractivity contribution in [1.82, 2.24) is 10.3 Å². The van der Waals surface area contributed by atoms with Crippen molar-refractivity contribution >= 4 is 34.7 Å². The number of aromatic nitrogens is 1. The van der Waals surface area contributed by atoms with Gasteiger partial charge in [0, 0.05) is 12.1 Å². The van der Waals surface area contributed by atoms with Gasteiger partial charge in [-0.3, -0.25) is 19.7 Å². The Morgan fingerprint density at radius 1 is 1.28 bits per heavy atom. The second kappa shape index (κ2) is 8.00. The van der Waals surface area contributed by atoms with Crippen molar-refractivity contribution in [3.8, 4) is 10.8 Å². The van der Waals surface area contributed by atoms with Crippen molar-refractivity contribution in [2.75, 3.05) is 5.32 Å². The minimum absolute atomic E-state index is 0.118. The lowest BCUT2D eigenvalue weighted by molar-refractivity contribution is -0.125. The second-order valence-electron chi connectivity index (χ2n) is 6.94. The summed E-state index contributed by atoms with van der Waals surface area (Å²) in [6, 6.07) is 11.1. The van der Waals surface area contributed by atoms with Gasteiger partial charge in [0.25, 0.3) is 0 Å². The van der Waals surface area contributed by atoms with Gasteiger partial charge in [-0.1, -0.05) is 18.2 Å². The van der Waals surface area contributed by atoms with Crippen LogP contribution in [-0.4, -0.2) is 22.7 Å². The van der Waals surface area contributed by atoms with E-state index in [1.807, 2.05) is 29.6 Å². The molecule has 2 N–H and O–H groups in total. The van der Waals surface area contributed by atoms with Crippen LogP contribution in [0, 0.1) is 12.8 Å². The van der Waals surface area contributed by atoms with Crippen LogP contribution in [0.4, 0.5) is 5.69 Å². The first kappa shape index (κ1) is 19.1. The van der Waals surface area contributed by atoms with Crippen LogP contribution in [0.1, 0.15) is 23.4 Å². The van der Waals surface area contributed by atoms with E-state index in [9.17, 15) is 14.4 Å². The summed E-state index contributed by atoms with van der Waals surface area (Å²) in [5.41, 5.74) is 2.20. The molecule has 0 saturated carbocycles. The van der Waals surface area contributed by atoms with E-state index in [2.05, 4.69) is 15.6 Å². The van der Waals surface area contributed by atoms with Crippen LogP contribution in [-0.2, 0) is 27.2 Å². The van der Waals surface area contributed by atoms with Crippen LogP contribution in [0.2, 0.25) is 0 Å². The van der Waals surface area contributed by atoms with E-state index < -0.39 is 0 Å². The van der Waals surface area contributed by atoms with Gasteiger partial charge in [-0.15, -0.1) is 11.3 Å². The number of thiophene rings is 1. The zero-order valence-electron chi connectivity index (χ0n) is 15.7. The molecule has 0 bridgehead atoms. The maximum atomic E-state index is 12.4. The summed E-state index contributed by atoms with van der Waals surface area (Å²) < 4.78 is 5.67. The molecule has 8 heteroatoms. The lowest BCUT2D eigenvalue weighted by Crippen LogP contribution is -2.22. The molecule has 3 aromatic rings. The molecule has 1 aromatic carbocycles. The van der Waals surface area contributed by atoms with Crippen LogP contribution >= 0.6 is 11.3 Å². The molecule has 148 valence electrons. The van der Waals surface area contributed by atoms with E-state index in [-0.39, 0.29) is 36.5 Å². The number of amides is 3. The van der Waals surface area contributed by atoms with E-state index in [1.54, 1.807) is 19.1 Å². The van der Waals surface area contributed by atoms with Crippen LogP contribution < -0.4 is 10.6 Å². The molecule has 1 aliphatic heterocycles. The summed E-state index contributed by atoms with van der Waals surface area (Å²) in [4.78, 5) is 40.7. The first-order chi connectivity index (χ1) is 14.0. The fourth-order valence-electron chi connectivity index (χ4n) is 3.24. The van der Waals surface area contributed by atoms with Crippen molar-refractivity contribution in [3.63, 3.8) is 0 Å².